The predicted octanol–water partition coefficient (Wildman–Crippen LogP) is 6.67. The molecule has 0 bridgehead atoms. The zero-order valence-electron chi connectivity index (χ0n) is 18.1. The summed E-state index contributed by atoms with van der Waals surface area (Å²) >= 11 is 4.01. The van der Waals surface area contributed by atoms with E-state index in [2.05, 4.69) is 111 Å². The van der Waals surface area contributed by atoms with Gasteiger partial charge in [-0.05, 0) is 36.1 Å². The van der Waals surface area contributed by atoms with E-state index in [0.717, 1.165) is 19.8 Å². The Balaban J connectivity index is 1.53. The van der Waals surface area contributed by atoms with Crippen molar-refractivity contribution < 1.29 is 0 Å². The fourth-order valence-corrected chi connectivity index (χ4v) is 5.74. The van der Waals surface area contributed by atoms with Gasteiger partial charge in [-0.3, -0.25) is 0 Å². The lowest BCUT2D eigenvalue weighted by molar-refractivity contribution is 0.252. The van der Waals surface area contributed by atoms with Gasteiger partial charge in [-0.1, -0.05) is 64.1 Å². The average Bonchev–Trinajstić information content (AvgIpc) is 3.15. The zero-order valence-corrected chi connectivity index (χ0v) is 19.7. The minimum atomic E-state index is 0.585. The molecule has 0 spiro atoms. The van der Waals surface area contributed by atoms with Crippen molar-refractivity contribution in [2.45, 2.75) is 48.0 Å². The van der Waals surface area contributed by atoms with Crippen molar-refractivity contribution in [3.8, 4) is 0 Å². The quantitative estimate of drug-likeness (QED) is 0.391. The highest BCUT2D eigenvalue weighted by molar-refractivity contribution is 8.00. The van der Waals surface area contributed by atoms with Crippen LogP contribution in [0.4, 0.5) is 0 Å². The van der Waals surface area contributed by atoms with Gasteiger partial charge < -0.3 is 9.80 Å². The molecule has 0 amide bonds. The Labute approximate surface area is 185 Å². The number of nitrogens with zero attached hydrogens (tertiary/aromatic N) is 2. The van der Waals surface area contributed by atoms with Crippen LogP contribution in [-0.2, 0) is 0 Å². The van der Waals surface area contributed by atoms with Crippen LogP contribution in [0, 0.1) is 11.8 Å². The Morgan fingerprint density at radius 3 is 1.38 bits per heavy atom. The normalized spacial score (nSPS) is 16.1. The second-order valence-electron chi connectivity index (χ2n) is 8.41. The number of hydrogen-bond donors (Lipinski definition) is 0. The molecule has 29 heavy (non-hydrogen) atoms. The molecule has 2 atom stereocenters. The van der Waals surface area contributed by atoms with E-state index in [1.807, 2.05) is 23.5 Å². The highest BCUT2D eigenvalue weighted by Crippen LogP contribution is 2.31. The van der Waals surface area contributed by atoms with Gasteiger partial charge >= 0.3 is 0 Å². The molecule has 0 aliphatic carbocycles. The SMILES string of the molecule is CC(C)[C@H](CN1C=CN(C[C@H](Sc2ccccc2)C(C)C)C1)Sc1ccccc1. The molecule has 0 aromatic heterocycles. The molecule has 0 radical (unpaired) electrons. The van der Waals surface area contributed by atoms with Crippen molar-refractivity contribution in [1.82, 2.24) is 9.80 Å². The first kappa shape index (κ1) is 22.2. The van der Waals surface area contributed by atoms with Crippen LogP contribution in [0.15, 0.2) is 82.9 Å². The molecule has 2 aromatic carbocycles. The number of benzene rings is 2. The number of rotatable bonds is 10. The molecule has 0 N–H and O–H groups in total. The summed E-state index contributed by atoms with van der Waals surface area (Å²) in [4.78, 5) is 7.69. The maximum atomic E-state index is 2.48. The molecule has 2 aromatic rings. The Morgan fingerprint density at radius 1 is 0.655 bits per heavy atom. The molecule has 1 aliphatic rings. The smallest absolute Gasteiger partial charge is 0.0894 e. The van der Waals surface area contributed by atoms with E-state index < -0.39 is 0 Å². The van der Waals surface area contributed by atoms with Gasteiger partial charge in [0.2, 0.25) is 0 Å². The molecular weight excluding hydrogens is 392 g/mol. The van der Waals surface area contributed by atoms with E-state index in [1.165, 1.54) is 9.79 Å². The van der Waals surface area contributed by atoms with Crippen LogP contribution >= 0.6 is 23.5 Å². The van der Waals surface area contributed by atoms with Crippen LogP contribution in [0.2, 0.25) is 0 Å². The van der Waals surface area contributed by atoms with Gasteiger partial charge in [0.25, 0.3) is 0 Å². The van der Waals surface area contributed by atoms with E-state index in [-0.39, 0.29) is 0 Å². The van der Waals surface area contributed by atoms with E-state index >= 15 is 0 Å². The third-order valence-corrected chi connectivity index (χ3v) is 8.31. The van der Waals surface area contributed by atoms with Crippen LogP contribution in [0.25, 0.3) is 0 Å². The van der Waals surface area contributed by atoms with Crippen LogP contribution in [0.1, 0.15) is 27.7 Å². The Bertz CT molecular complexity index is 682. The zero-order chi connectivity index (χ0) is 20.6. The Kier molecular flexibility index (Phi) is 8.43. The third-order valence-electron chi connectivity index (χ3n) is 5.23. The average molecular weight is 427 g/mol. The van der Waals surface area contributed by atoms with Gasteiger partial charge in [0.1, 0.15) is 0 Å². The van der Waals surface area contributed by atoms with Gasteiger partial charge in [0.05, 0.1) is 6.67 Å². The second-order valence-corrected chi connectivity index (χ2v) is 11.0. The van der Waals surface area contributed by atoms with E-state index in [9.17, 15) is 0 Å². The predicted molar refractivity (Wildman–Crippen MR) is 129 cm³/mol. The fraction of sp³-hybridized carbons (Fsp3) is 0.440. The first-order valence-corrected chi connectivity index (χ1v) is 12.4. The van der Waals surface area contributed by atoms with Crippen molar-refractivity contribution in [2.75, 3.05) is 19.8 Å². The molecule has 3 rings (SSSR count). The number of hydrogen-bond acceptors (Lipinski definition) is 4. The molecule has 0 saturated carbocycles. The molecule has 0 fully saturated rings. The van der Waals surface area contributed by atoms with E-state index in [1.54, 1.807) is 0 Å². The number of thioether (sulfide) groups is 2. The van der Waals surface area contributed by atoms with Crippen molar-refractivity contribution in [3.63, 3.8) is 0 Å². The first-order valence-electron chi connectivity index (χ1n) is 10.6. The second kappa shape index (κ2) is 11.0. The summed E-state index contributed by atoms with van der Waals surface area (Å²) < 4.78 is 0. The van der Waals surface area contributed by atoms with Crippen LogP contribution < -0.4 is 0 Å². The summed E-state index contributed by atoms with van der Waals surface area (Å²) in [7, 11) is 0. The summed E-state index contributed by atoms with van der Waals surface area (Å²) in [5, 5.41) is 1.17. The van der Waals surface area contributed by atoms with Gasteiger partial charge in [0.15, 0.2) is 0 Å². The molecular formula is C25H34N2S2. The highest BCUT2D eigenvalue weighted by atomic mass is 32.2. The van der Waals surface area contributed by atoms with Crippen molar-refractivity contribution in [1.29, 1.82) is 0 Å². The van der Waals surface area contributed by atoms with Gasteiger partial charge in [-0.2, -0.15) is 0 Å². The molecule has 0 unspecified atom stereocenters. The molecule has 1 aliphatic heterocycles. The van der Waals surface area contributed by atoms with Crippen LogP contribution in [-0.4, -0.2) is 40.1 Å². The molecule has 1 heterocycles. The van der Waals surface area contributed by atoms with E-state index in [4.69, 9.17) is 0 Å². The van der Waals surface area contributed by atoms with Gasteiger partial charge in [-0.25, -0.2) is 0 Å². The molecule has 156 valence electrons. The highest BCUT2D eigenvalue weighted by Gasteiger charge is 2.24. The summed E-state index contributed by atoms with van der Waals surface area (Å²) in [6.45, 7) is 12.5. The largest absolute Gasteiger partial charge is 0.357 e. The summed E-state index contributed by atoms with van der Waals surface area (Å²) in [6, 6.07) is 21.6. The minimum absolute atomic E-state index is 0.585. The maximum Gasteiger partial charge on any atom is 0.0894 e. The lowest BCUT2D eigenvalue weighted by Crippen LogP contribution is -2.36. The van der Waals surface area contributed by atoms with Crippen molar-refractivity contribution in [2.24, 2.45) is 11.8 Å². The summed E-state index contributed by atoms with van der Waals surface area (Å²) in [5.41, 5.74) is 0. The van der Waals surface area contributed by atoms with E-state index in [0.29, 0.717) is 22.3 Å². The Hall–Kier alpha value is -1.52. The fourth-order valence-electron chi connectivity index (χ4n) is 3.33. The minimum Gasteiger partial charge on any atom is -0.357 e. The lowest BCUT2D eigenvalue weighted by Gasteiger charge is -2.30. The molecule has 0 saturated heterocycles. The summed E-state index contributed by atoms with van der Waals surface area (Å²) in [6.07, 6.45) is 4.57. The van der Waals surface area contributed by atoms with Crippen LogP contribution in [0.3, 0.4) is 0 Å². The topological polar surface area (TPSA) is 6.48 Å². The standard InChI is InChI=1S/C25H34N2S2/c1-20(2)24(28-22-11-7-5-8-12-22)17-26-15-16-27(19-26)18-25(21(3)4)29-23-13-9-6-10-14-23/h5-16,20-21,24-25H,17-19H2,1-4H3/t24-,25-/m0/s1. The molecule has 2 nitrogen and oxygen atoms in total. The third kappa shape index (κ3) is 7.04. The first-order chi connectivity index (χ1) is 14.0. The van der Waals surface area contributed by atoms with Crippen molar-refractivity contribution in [3.05, 3.63) is 73.1 Å². The Morgan fingerprint density at radius 2 is 1.03 bits per heavy atom. The van der Waals surface area contributed by atoms with Gasteiger partial charge in [0, 0.05) is 45.8 Å². The van der Waals surface area contributed by atoms with Crippen molar-refractivity contribution >= 4 is 23.5 Å². The monoisotopic (exact) mass is 426 g/mol. The van der Waals surface area contributed by atoms with Crippen LogP contribution in [0.5, 0.6) is 0 Å². The molecule has 4 heteroatoms. The summed E-state index contributed by atoms with van der Waals surface area (Å²) in [5.74, 6) is 1.28. The maximum absolute atomic E-state index is 2.48. The van der Waals surface area contributed by atoms with Gasteiger partial charge in [-0.15, -0.1) is 23.5 Å². The lowest BCUT2D eigenvalue weighted by atomic mass is 10.1.